The van der Waals surface area contributed by atoms with Gasteiger partial charge in [-0.3, -0.25) is 9.89 Å². The average Bonchev–Trinajstić information content (AvgIpc) is 2.83. The molecule has 2 N–H and O–H groups in total. The molecule has 1 aromatic carbocycles. The lowest BCUT2D eigenvalue weighted by atomic mass is 9.74. The predicted molar refractivity (Wildman–Crippen MR) is 130 cm³/mol. The van der Waals surface area contributed by atoms with Gasteiger partial charge in [-0.1, -0.05) is 12.1 Å². The molecule has 0 atom stereocenters. The molecule has 180 valence electrons. The molecule has 1 aromatic rings. The van der Waals surface area contributed by atoms with Gasteiger partial charge >= 0.3 is 0 Å². The first kappa shape index (κ1) is 24.8. The topological polar surface area (TPSA) is 67.4 Å². The Morgan fingerprint density at radius 3 is 2.31 bits per heavy atom. The van der Waals surface area contributed by atoms with Crippen LogP contribution in [0, 0.1) is 0 Å². The van der Waals surface area contributed by atoms with Crippen LogP contribution < -0.4 is 15.4 Å². The number of rotatable bonds is 9. The molecule has 3 rings (SSSR count). The second-order valence-electron chi connectivity index (χ2n) is 9.31. The van der Waals surface area contributed by atoms with E-state index < -0.39 is 0 Å². The Morgan fingerprint density at radius 2 is 1.69 bits per heavy atom. The fourth-order valence-corrected chi connectivity index (χ4v) is 4.54. The lowest BCUT2D eigenvalue weighted by Gasteiger charge is -2.40. The minimum absolute atomic E-state index is 0.00238. The van der Waals surface area contributed by atoms with Gasteiger partial charge in [0.15, 0.2) is 5.96 Å². The van der Waals surface area contributed by atoms with E-state index in [0.717, 1.165) is 83.7 Å². The third kappa shape index (κ3) is 6.59. The molecule has 32 heavy (non-hydrogen) atoms. The van der Waals surface area contributed by atoms with E-state index in [2.05, 4.69) is 60.6 Å². The van der Waals surface area contributed by atoms with Gasteiger partial charge in [0, 0.05) is 50.3 Å². The number of benzene rings is 1. The summed E-state index contributed by atoms with van der Waals surface area (Å²) in [7, 11) is 0. The average molecular weight is 447 g/mol. The highest BCUT2D eigenvalue weighted by molar-refractivity contribution is 5.80. The third-order valence-corrected chi connectivity index (χ3v) is 6.66. The zero-order valence-electron chi connectivity index (χ0n) is 20.4. The first-order chi connectivity index (χ1) is 15.5. The van der Waals surface area contributed by atoms with E-state index in [0.29, 0.717) is 6.61 Å². The van der Waals surface area contributed by atoms with Crippen LogP contribution in [0.15, 0.2) is 29.3 Å². The summed E-state index contributed by atoms with van der Waals surface area (Å²) in [5, 5.41) is 7.09. The van der Waals surface area contributed by atoms with Crippen molar-refractivity contribution in [2.45, 2.75) is 51.5 Å². The summed E-state index contributed by atoms with van der Waals surface area (Å²) in [6.07, 6.45) is 1.99. The largest absolute Gasteiger partial charge is 0.494 e. The molecule has 0 unspecified atom stereocenters. The minimum Gasteiger partial charge on any atom is -0.494 e. The van der Waals surface area contributed by atoms with Crippen molar-refractivity contribution < 1.29 is 14.2 Å². The van der Waals surface area contributed by atoms with Crippen LogP contribution in [0.3, 0.4) is 0 Å². The van der Waals surface area contributed by atoms with Crippen LogP contribution in [0.4, 0.5) is 0 Å². The van der Waals surface area contributed by atoms with Crippen molar-refractivity contribution in [1.29, 1.82) is 0 Å². The van der Waals surface area contributed by atoms with E-state index in [-0.39, 0.29) is 11.0 Å². The second-order valence-corrected chi connectivity index (χ2v) is 9.31. The maximum atomic E-state index is 5.71. The summed E-state index contributed by atoms with van der Waals surface area (Å²) in [4.78, 5) is 7.44. The number of hydrogen-bond donors (Lipinski definition) is 2. The van der Waals surface area contributed by atoms with Gasteiger partial charge in [0.2, 0.25) is 0 Å². The molecule has 0 aliphatic carbocycles. The fraction of sp³-hybridized carbons (Fsp3) is 0.720. The third-order valence-electron chi connectivity index (χ3n) is 6.66. The zero-order chi connectivity index (χ0) is 22.9. The number of ether oxygens (including phenoxy) is 3. The van der Waals surface area contributed by atoms with Crippen molar-refractivity contribution in [1.82, 2.24) is 15.5 Å². The summed E-state index contributed by atoms with van der Waals surface area (Å²) in [5.74, 6) is 1.80. The molecule has 0 spiro atoms. The van der Waals surface area contributed by atoms with Gasteiger partial charge in [0.05, 0.1) is 26.4 Å². The van der Waals surface area contributed by atoms with Gasteiger partial charge in [-0.15, -0.1) is 0 Å². The molecular weight excluding hydrogens is 404 g/mol. The molecule has 2 heterocycles. The monoisotopic (exact) mass is 446 g/mol. The van der Waals surface area contributed by atoms with Crippen LogP contribution in [0.1, 0.15) is 46.1 Å². The van der Waals surface area contributed by atoms with Crippen molar-refractivity contribution in [3.05, 3.63) is 29.8 Å². The number of nitrogens with zero attached hydrogens (tertiary/aromatic N) is 2. The first-order valence-corrected chi connectivity index (χ1v) is 12.2. The molecule has 7 nitrogen and oxygen atoms in total. The van der Waals surface area contributed by atoms with Crippen LogP contribution in [-0.4, -0.2) is 82.2 Å². The Balaban J connectivity index is 1.69. The number of hydrogen-bond acceptors (Lipinski definition) is 5. The second kappa shape index (κ2) is 11.9. The summed E-state index contributed by atoms with van der Waals surface area (Å²) >= 11 is 0. The molecule has 0 aromatic heterocycles. The SMILES string of the molecule is CCNC(=NCC(C)(C)N1CCOCC1)NCC1(c2ccc(OCC)cc2)CCOCC1. The Bertz CT molecular complexity index is 708. The smallest absolute Gasteiger partial charge is 0.191 e. The first-order valence-electron chi connectivity index (χ1n) is 12.2. The molecule has 0 bridgehead atoms. The van der Waals surface area contributed by atoms with Crippen molar-refractivity contribution in [2.24, 2.45) is 4.99 Å². The summed E-state index contributed by atoms with van der Waals surface area (Å²) < 4.78 is 16.9. The van der Waals surface area contributed by atoms with E-state index in [4.69, 9.17) is 19.2 Å². The Hall–Kier alpha value is -1.83. The Labute approximate surface area is 193 Å². The fourth-order valence-electron chi connectivity index (χ4n) is 4.54. The van der Waals surface area contributed by atoms with Gasteiger partial charge < -0.3 is 24.8 Å². The maximum Gasteiger partial charge on any atom is 0.191 e. The quantitative estimate of drug-likeness (QED) is 0.449. The molecule has 2 saturated heterocycles. The van der Waals surface area contributed by atoms with Gasteiger partial charge in [-0.05, 0) is 58.2 Å². The summed E-state index contributed by atoms with van der Waals surface area (Å²) in [6.45, 7) is 16.9. The van der Waals surface area contributed by atoms with Crippen LogP contribution in [0.2, 0.25) is 0 Å². The van der Waals surface area contributed by atoms with Crippen LogP contribution in [0.5, 0.6) is 5.75 Å². The normalized spacial score (nSPS) is 20.1. The highest BCUT2D eigenvalue weighted by Gasteiger charge is 2.35. The molecule has 0 saturated carbocycles. The number of aliphatic imine (C=N–C) groups is 1. The van der Waals surface area contributed by atoms with E-state index in [9.17, 15) is 0 Å². The lowest BCUT2D eigenvalue weighted by molar-refractivity contribution is -0.00684. The number of morpholine rings is 1. The Morgan fingerprint density at radius 1 is 1.03 bits per heavy atom. The molecule has 2 fully saturated rings. The van der Waals surface area contributed by atoms with Crippen LogP contribution in [-0.2, 0) is 14.9 Å². The van der Waals surface area contributed by atoms with Gasteiger partial charge in [-0.2, -0.15) is 0 Å². The van der Waals surface area contributed by atoms with E-state index >= 15 is 0 Å². The van der Waals surface area contributed by atoms with Crippen molar-refractivity contribution in [2.75, 3.05) is 65.8 Å². The molecule has 0 amide bonds. The van der Waals surface area contributed by atoms with Gasteiger partial charge in [-0.25, -0.2) is 0 Å². The van der Waals surface area contributed by atoms with Gasteiger partial charge in [0.1, 0.15) is 5.75 Å². The molecule has 7 heteroatoms. The van der Waals surface area contributed by atoms with Crippen LogP contribution >= 0.6 is 0 Å². The highest BCUT2D eigenvalue weighted by Crippen LogP contribution is 2.35. The van der Waals surface area contributed by atoms with E-state index in [1.165, 1.54) is 5.56 Å². The molecule has 0 radical (unpaired) electrons. The zero-order valence-corrected chi connectivity index (χ0v) is 20.4. The number of guanidine groups is 1. The van der Waals surface area contributed by atoms with E-state index in [1.54, 1.807) is 0 Å². The highest BCUT2D eigenvalue weighted by atomic mass is 16.5. The lowest BCUT2D eigenvalue weighted by Crippen LogP contribution is -2.52. The van der Waals surface area contributed by atoms with E-state index in [1.807, 2.05) is 6.92 Å². The van der Waals surface area contributed by atoms with Crippen molar-refractivity contribution >= 4 is 5.96 Å². The molecular formula is C25H42N4O3. The summed E-state index contributed by atoms with van der Waals surface area (Å²) in [5.41, 5.74) is 1.36. The maximum absolute atomic E-state index is 5.71. The molecule has 2 aliphatic rings. The molecule has 2 aliphatic heterocycles. The van der Waals surface area contributed by atoms with Crippen LogP contribution in [0.25, 0.3) is 0 Å². The van der Waals surface area contributed by atoms with Crippen molar-refractivity contribution in [3.63, 3.8) is 0 Å². The standard InChI is InChI=1S/C25H42N4O3/c1-5-26-23(27-19-24(3,4)29-13-17-31-18-14-29)28-20-25(11-15-30-16-12-25)21-7-9-22(10-8-21)32-6-2/h7-10H,5-6,11-20H2,1-4H3,(H2,26,27,28). The van der Waals surface area contributed by atoms with Crippen molar-refractivity contribution in [3.8, 4) is 5.75 Å². The predicted octanol–water partition coefficient (Wildman–Crippen LogP) is 2.80. The summed E-state index contributed by atoms with van der Waals surface area (Å²) in [6, 6.07) is 8.59. The minimum atomic E-state index is -0.00238. The Kier molecular flexibility index (Phi) is 9.20. The van der Waals surface area contributed by atoms with Gasteiger partial charge in [0.25, 0.3) is 0 Å². The number of nitrogens with one attached hydrogen (secondary N) is 2.